The number of carbonyl (C=O) groups is 2. The van der Waals surface area contributed by atoms with Crippen molar-refractivity contribution in [2.24, 2.45) is 0 Å². The maximum Gasteiger partial charge on any atom is 0.418 e. The van der Waals surface area contributed by atoms with Crippen LogP contribution in [-0.4, -0.2) is 49.6 Å². The van der Waals surface area contributed by atoms with Gasteiger partial charge in [-0.3, -0.25) is 14.6 Å². The lowest BCUT2D eigenvalue weighted by Gasteiger charge is -2.12. The molecule has 0 saturated heterocycles. The number of halogens is 3. The molecule has 0 aliphatic carbocycles. The van der Waals surface area contributed by atoms with E-state index < -0.39 is 23.6 Å². The van der Waals surface area contributed by atoms with Crippen molar-refractivity contribution in [3.63, 3.8) is 0 Å². The number of pyridine rings is 2. The van der Waals surface area contributed by atoms with Gasteiger partial charge >= 0.3 is 6.18 Å². The highest BCUT2D eigenvalue weighted by molar-refractivity contribution is 5.98. The molecule has 5 N–H and O–H groups in total. The second kappa shape index (κ2) is 10.3. The molecule has 0 aliphatic rings. The minimum absolute atomic E-state index is 0.0137. The summed E-state index contributed by atoms with van der Waals surface area (Å²) in [5, 5.41) is 13.9. The number of aliphatic hydroxyl groups excluding tert-OH is 1. The van der Waals surface area contributed by atoms with E-state index in [1.807, 2.05) is 0 Å². The maximum atomic E-state index is 13.2. The van der Waals surface area contributed by atoms with Gasteiger partial charge in [-0.2, -0.15) is 13.2 Å². The van der Waals surface area contributed by atoms with Crippen molar-refractivity contribution >= 4 is 23.5 Å². The Hall–Kier alpha value is -4.00. The van der Waals surface area contributed by atoms with Crippen LogP contribution in [0.1, 0.15) is 28.2 Å². The Kier molecular flexibility index (Phi) is 7.46. The summed E-state index contributed by atoms with van der Waals surface area (Å²) in [5.41, 5.74) is 5.02. The van der Waals surface area contributed by atoms with E-state index in [1.54, 1.807) is 0 Å². The Morgan fingerprint density at radius 3 is 2.71 bits per heavy atom. The number of nitrogens with one attached hydrogen (secondary N) is 2. The van der Waals surface area contributed by atoms with Crippen molar-refractivity contribution in [3.05, 3.63) is 53.7 Å². The molecule has 0 aliphatic heterocycles. The van der Waals surface area contributed by atoms with E-state index >= 15 is 0 Å². The molecule has 3 rings (SSSR count). The number of nitrogens with zero attached hydrogens (tertiary/aromatic N) is 4. The van der Waals surface area contributed by atoms with Gasteiger partial charge in [-0.1, -0.05) is 6.07 Å². The maximum absolute atomic E-state index is 13.2. The van der Waals surface area contributed by atoms with E-state index in [4.69, 9.17) is 10.8 Å². The number of anilines is 2. The van der Waals surface area contributed by atoms with Crippen molar-refractivity contribution in [1.29, 1.82) is 0 Å². The molecule has 3 aromatic rings. The highest BCUT2D eigenvalue weighted by atomic mass is 19.4. The van der Waals surface area contributed by atoms with Crippen molar-refractivity contribution in [2.75, 3.05) is 24.2 Å². The third-order valence-corrected chi connectivity index (χ3v) is 4.72. The second-order valence-corrected chi connectivity index (χ2v) is 7.25. The molecule has 0 unspecified atom stereocenters. The molecule has 180 valence electrons. The lowest BCUT2D eigenvalue weighted by molar-refractivity contribution is -0.138. The van der Waals surface area contributed by atoms with Crippen LogP contribution >= 0.6 is 0 Å². The van der Waals surface area contributed by atoms with Crippen molar-refractivity contribution in [1.82, 2.24) is 24.8 Å². The number of alkyl halides is 3. The van der Waals surface area contributed by atoms with Gasteiger partial charge in [0.15, 0.2) is 11.5 Å². The zero-order chi connectivity index (χ0) is 24.9. The molecule has 0 saturated carbocycles. The van der Waals surface area contributed by atoms with E-state index in [-0.39, 0.29) is 54.0 Å². The zero-order valence-electron chi connectivity index (χ0n) is 18.1. The molecule has 2 amide bonds. The number of aryl methyl sites for hydroxylation is 1. The fourth-order valence-corrected chi connectivity index (χ4v) is 3.09. The number of hydrogen-bond acceptors (Lipinski definition) is 7. The third kappa shape index (κ3) is 5.86. The number of nitrogens with two attached hydrogens (primary N) is 1. The molecule has 34 heavy (non-hydrogen) atoms. The van der Waals surface area contributed by atoms with Crippen LogP contribution in [0.3, 0.4) is 0 Å². The number of nitrogen functional groups attached to an aromatic ring is 1. The van der Waals surface area contributed by atoms with E-state index in [0.717, 1.165) is 6.07 Å². The fraction of sp³-hybridized carbons (Fsp3) is 0.286. The van der Waals surface area contributed by atoms with Gasteiger partial charge < -0.3 is 26.0 Å². The average molecular weight is 477 g/mol. The van der Waals surface area contributed by atoms with Crippen LogP contribution < -0.4 is 16.4 Å². The SMILES string of the molecule is Cc1ncc(-c2cccc(NC(=O)Cn3cnc(N)c3C(=O)NCCCO)n2)cc1C(F)(F)F. The third-order valence-electron chi connectivity index (χ3n) is 4.72. The molecule has 3 heterocycles. The monoisotopic (exact) mass is 477 g/mol. The van der Waals surface area contributed by atoms with Crippen LogP contribution in [-0.2, 0) is 17.5 Å². The highest BCUT2D eigenvalue weighted by Crippen LogP contribution is 2.33. The van der Waals surface area contributed by atoms with Gasteiger partial charge in [-0.25, -0.2) is 9.97 Å². The first kappa shape index (κ1) is 24.6. The Bertz CT molecular complexity index is 1190. The number of carbonyl (C=O) groups excluding carboxylic acids is 2. The Labute approximate surface area is 192 Å². The van der Waals surface area contributed by atoms with Crippen LogP contribution in [0.2, 0.25) is 0 Å². The number of imidazole rings is 1. The van der Waals surface area contributed by atoms with Crippen molar-refractivity contribution in [3.8, 4) is 11.3 Å². The van der Waals surface area contributed by atoms with E-state index in [0.29, 0.717) is 6.42 Å². The Morgan fingerprint density at radius 2 is 2.00 bits per heavy atom. The molecule has 13 heteroatoms. The summed E-state index contributed by atoms with van der Waals surface area (Å²) >= 11 is 0. The van der Waals surface area contributed by atoms with E-state index in [9.17, 15) is 22.8 Å². The first-order valence-electron chi connectivity index (χ1n) is 10.1. The van der Waals surface area contributed by atoms with Crippen molar-refractivity contribution < 1.29 is 27.9 Å². The lowest BCUT2D eigenvalue weighted by Crippen LogP contribution is -2.29. The molecule has 0 radical (unpaired) electrons. The first-order valence-corrected chi connectivity index (χ1v) is 10.1. The minimum Gasteiger partial charge on any atom is -0.396 e. The van der Waals surface area contributed by atoms with Gasteiger partial charge in [-0.05, 0) is 31.5 Å². The quantitative estimate of drug-likeness (QED) is 0.363. The standard InChI is InChI=1S/C21H22F3N7O3/c1-12-14(21(22,23)24)8-13(9-27-12)15-4-2-5-16(29-15)30-17(33)10-31-11-28-19(25)18(31)20(34)26-6-3-7-32/h2,4-5,8-9,11,32H,3,6-7,10,25H2,1H3,(H,26,34)(H,29,30,33). The van der Waals surface area contributed by atoms with Crippen molar-refractivity contribution in [2.45, 2.75) is 26.1 Å². The van der Waals surface area contributed by atoms with Gasteiger partial charge in [0.2, 0.25) is 5.91 Å². The summed E-state index contributed by atoms with van der Waals surface area (Å²) in [5.74, 6) is -1.09. The molecule has 0 bridgehead atoms. The largest absolute Gasteiger partial charge is 0.418 e. The second-order valence-electron chi connectivity index (χ2n) is 7.25. The number of aromatic nitrogens is 4. The molecule has 0 fully saturated rings. The summed E-state index contributed by atoms with van der Waals surface area (Å²) in [7, 11) is 0. The molecule has 3 aromatic heterocycles. The van der Waals surface area contributed by atoms with E-state index in [1.165, 1.54) is 42.2 Å². The van der Waals surface area contributed by atoms with Gasteiger partial charge in [0.1, 0.15) is 12.4 Å². The normalized spacial score (nSPS) is 11.3. The zero-order valence-corrected chi connectivity index (χ0v) is 18.1. The molecule has 0 spiro atoms. The summed E-state index contributed by atoms with van der Waals surface area (Å²) in [6.07, 6.45) is -1.71. The van der Waals surface area contributed by atoms with Gasteiger partial charge in [0.05, 0.1) is 17.6 Å². The van der Waals surface area contributed by atoms with Crippen LogP contribution in [0.5, 0.6) is 0 Å². The van der Waals surface area contributed by atoms with Gasteiger partial charge in [-0.15, -0.1) is 0 Å². The summed E-state index contributed by atoms with van der Waals surface area (Å²) in [6.45, 7) is 1.07. The first-order chi connectivity index (χ1) is 16.1. The summed E-state index contributed by atoms with van der Waals surface area (Å²) < 4.78 is 40.9. The number of aliphatic hydroxyl groups is 1. The van der Waals surface area contributed by atoms with Crippen LogP contribution in [0.4, 0.5) is 24.8 Å². The summed E-state index contributed by atoms with van der Waals surface area (Å²) in [4.78, 5) is 36.7. The molecular weight excluding hydrogens is 455 g/mol. The molecular formula is C21H22F3N7O3. The fourth-order valence-electron chi connectivity index (χ4n) is 3.09. The topological polar surface area (TPSA) is 148 Å². The minimum atomic E-state index is -4.56. The predicted octanol–water partition coefficient (Wildman–Crippen LogP) is 2.00. The Morgan fingerprint density at radius 1 is 1.24 bits per heavy atom. The number of hydrogen-bond donors (Lipinski definition) is 4. The smallest absolute Gasteiger partial charge is 0.396 e. The predicted molar refractivity (Wildman–Crippen MR) is 117 cm³/mol. The Balaban J connectivity index is 1.75. The molecule has 0 aromatic carbocycles. The van der Waals surface area contributed by atoms with Gasteiger partial charge in [0, 0.05) is 30.6 Å². The molecule has 0 atom stereocenters. The van der Waals surface area contributed by atoms with Gasteiger partial charge in [0.25, 0.3) is 5.91 Å². The van der Waals surface area contributed by atoms with Crippen LogP contribution in [0.25, 0.3) is 11.3 Å². The lowest BCUT2D eigenvalue weighted by atomic mass is 10.1. The average Bonchev–Trinajstić information content (AvgIpc) is 3.13. The van der Waals surface area contributed by atoms with E-state index in [2.05, 4.69) is 25.6 Å². The number of rotatable bonds is 8. The van der Waals surface area contributed by atoms with Crippen LogP contribution in [0.15, 0.2) is 36.8 Å². The van der Waals surface area contributed by atoms with Crippen LogP contribution in [0, 0.1) is 6.92 Å². The summed E-state index contributed by atoms with van der Waals surface area (Å²) in [6, 6.07) is 5.44. The number of amides is 2. The highest BCUT2D eigenvalue weighted by Gasteiger charge is 2.33. The molecule has 10 nitrogen and oxygen atoms in total.